The van der Waals surface area contributed by atoms with Crippen LogP contribution in [0.5, 0.6) is 11.5 Å². The normalized spacial score (nSPS) is 11.7. The summed E-state index contributed by atoms with van der Waals surface area (Å²) < 4.78 is 10.7. The summed E-state index contributed by atoms with van der Waals surface area (Å²) in [4.78, 5) is 33.1. The number of amides is 1. The highest BCUT2D eigenvalue weighted by atomic mass is 16.6. The molecule has 0 fully saturated rings. The predicted molar refractivity (Wildman–Crippen MR) is 101 cm³/mol. The van der Waals surface area contributed by atoms with Gasteiger partial charge in [-0.3, -0.25) is 14.9 Å². The van der Waals surface area contributed by atoms with Crippen molar-refractivity contribution >= 4 is 23.8 Å². The van der Waals surface area contributed by atoms with Crippen molar-refractivity contribution in [2.24, 2.45) is 5.10 Å². The van der Waals surface area contributed by atoms with Crippen molar-refractivity contribution in [2.75, 3.05) is 6.61 Å². The zero-order valence-corrected chi connectivity index (χ0v) is 15.7. The number of nitrogens with one attached hydrogen (secondary N) is 1. The molecule has 152 valence electrons. The Kier molecular flexibility index (Phi) is 7.24. The van der Waals surface area contributed by atoms with Gasteiger partial charge in [-0.05, 0) is 43.7 Å². The molecule has 0 aliphatic carbocycles. The van der Waals surface area contributed by atoms with Crippen LogP contribution in [-0.2, 0) is 4.79 Å². The Labute approximate surface area is 165 Å². The minimum atomic E-state index is -1.36. The fourth-order valence-electron chi connectivity index (χ4n) is 2.20. The molecule has 0 aromatic heterocycles. The number of hydrogen-bond acceptors (Lipinski definition) is 8. The van der Waals surface area contributed by atoms with Crippen molar-refractivity contribution in [3.8, 4) is 11.5 Å². The summed E-state index contributed by atoms with van der Waals surface area (Å²) in [7, 11) is 0. The zero-order chi connectivity index (χ0) is 21.4. The fraction of sp³-hybridized carbons (Fsp3) is 0.211. The minimum absolute atomic E-state index is 0.0892. The van der Waals surface area contributed by atoms with E-state index in [9.17, 15) is 24.8 Å². The molecule has 10 nitrogen and oxygen atoms in total. The van der Waals surface area contributed by atoms with E-state index in [1.54, 1.807) is 19.1 Å². The molecule has 2 aromatic rings. The first-order chi connectivity index (χ1) is 13.8. The Morgan fingerprint density at radius 2 is 2.00 bits per heavy atom. The molecule has 0 saturated heterocycles. The van der Waals surface area contributed by atoms with E-state index in [-0.39, 0.29) is 17.0 Å². The number of aliphatic carboxylic acids is 1. The summed E-state index contributed by atoms with van der Waals surface area (Å²) in [6.07, 6.45) is 0.173. The molecular formula is C19H18N3O7-. The van der Waals surface area contributed by atoms with Crippen molar-refractivity contribution in [2.45, 2.75) is 20.0 Å². The number of non-ortho nitro benzene ring substituents is 1. The third-order valence-corrected chi connectivity index (χ3v) is 3.60. The van der Waals surface area contributed by atoms with Crippen LogP contribution in [0.4, 0.5) is 5.69 Å². The number of ether oxygens (including phenoxy) is 2. The first-order valence-corrected chi connectivity index (χ1v) is 8.54. The minimum Gasteiger partial charge on any atom is -0.546 e. The van der Waals surface area contributed by atoms with Gasteiger partial charge in [-0.15, -0.1) is 0 Å². The number of nitro benzene ring substituents is 1. The quantitative estimate of drug-likeness (QED) is 0.379. The average Bonchev–Trinajstić information content (AvgIpc) is 2.69. The van der Waals surface area contributed by atoms with Gasteiger partial charge in [0, 0.05) is 17.7 Å². The van der Waals surface area contributed by atoms with Gasteiger partial charge in [0.05, 0.1) is 23.7 Å². The van der Waals surface area contributed by atoms with Crippen LogP contribution in [0.15, 0.2) is 47.6 Å². The molecule has 0 saturated carbocycles. The van der Waals surface area contributed by atoms with Gasteiger partial charge in [-0.25, -0.2) is 5.43 Å². The Bertz CT molecular complexity index is 943. The van der Waals surface area contributed by atoms with Crippen molar-refractivity contribution in [1.29, 1.82) is 0 Å². The maximum atomic E-state index is 12.1. The maximum Gasteiger partial charge on any atom is 0.271 e. The molecule has 10 heteroatoms. The Hall–Kier alpha value is -3.95. The standard InChI is InChI=1S/C19H19N3O7/c1-3-28-17-9-13(7-8-16(17)29-12(2)19(24)25)11-20-21-18(23)14-5-4-6-15(10-14)22(26)27/h4-12H,3H2,1-2H3,(H,21,23)(H,24,25)/p-1/t12-/m0/s1. The predicted octanol–water partition coefficient (Wildman–Crippen LogP) is 1.27. The summed E-state index contributed by atoms with van der Waals surface area (Å²) in [6.45, 7) is 3.41. The van der Waals surface area contributed by atoms with Crippen LogP contribution < -0.4 is 20.0 Å². The number of nitro groups is 1. The number of benzene rings is 2. The van der Waals surface area contributed by atoms with Gasteiger partial charge in [0.25, 0.3) is 11.6 Å². The smallest absolute Gasteiger partial charge is 0.271 e. The monoisotopic (exact) mass is 400 g/mol. The second-order valence-corrected chi connectivity index (χ2v) is 5.72. The average molecular weight is 400 g/mol. The number of hydrazone groups is 1. The van der Waals surface area contributed by atoms with Gasteiger partial charge in [-0.2, -0.15) is 5.10 Å². The molecule has 1 amide bonds. The number of carbonyl (C=O) groups is 2. The first-order valence-electron chi connectivity index (χ1n) is 8.54. The molecule has 0 heterocycles. The summed E-state index contributed by atoms with van der Waals surface area (Å²) in [5, 5.41) is 25.4. The van der Waals surface area contributed by atoms with E-state index < -0.39 is 22.9 Å². The largest absolute Gasteiger partial charge is 0.546 e. The van der Waals surface area contributed by atoms with E-state index in [0.29, 0.717) is 17.9 Å². The van der Waals surface area contributed by atoms with Gasteiger partial charge >= 0.3 is 0 Å². The maximum absolute atomic E-state index is 12.1. The Morgan fingerprint density at radius 3 is 2.66 bits per heavy atom. The molecule has 2 aromatic carbocycles. The molecule has 29 heavy (non-hydrogen) atoms. The van der Waals surface area contributed by atoms with Gasteiger partial charge in [0.2, 0.25) is 0 Å². The second-order valence-electron chi connectivity index (χ2n) is 5.72. The summed E-state index contributed by atoms with van der Waals surface area (Å²) in [5.41, 5.74) is 2.70. The van der Waals surface area contributed by atoms with Crippen LogP contribution in [0.2, 0.25) is 0 Å². The number of hydrogen-bond donors (Lipinski definition) is 1. The summed E-state index contributed by atoms with van der Waals surface area (Å²) in [5.74, 6) is -1.45. The topological polar surface area (TPSA) is 143 Å². The van der Waals surface area contributed by atoms with Gasteiger partial charge in [0.15, 0.2) is 11.5 Å². The molecule has 0 radical (unpaired) electrons. The van der Waals surface area contributed by atoms with Crippen molar-refractivity contribution in [3.63, 3.8) is 0 Å². The second kappa shape index (κ2) is 9.83. The van der Waals surface area contributed by atoms with E-state index >= 15 is 0 Å². The SMILES string of the molecule is CCOc1cc(C=NNC(=O)c2cccc([N+](=O)[O-])c2)ccc1O[C@@H](C)C(=O)[O-]. The highest BCUT2D eigenvalue weighted by molar-refractivity contribution is 5.95. The van der Waals surface area contributed by atoms with Gasteiger partial charge < -0.3 is 19.4 Å². The van der Waals surface area contributed by atoms with Crippen LogP contribution in [0.1, 0.15) is 29.8 Å². The van der Waals surface area contributed by atoms with E-state index in [2.05, 4.69) is 10.5 Å². The number of nitrogens with zero attached hydrogens (tertiary/aromatic N) is 2. The van der Waals surface area contributed by atoms with Crippen molar-refractivity contribution in [1.82, 2.24) is 5.43 Å². The molecular weight excluding hydrogens is 382 g/mol. The van der Waals surface area contributed by atoms with Gasteiger partial charge in [0.1, 0.15) is 6.10 Å². The van der Waals surface area contributed by atoms with Crippen molar-refractivity contribution in [3.05, 3.63) is 63.7 Å². The van der Waals surface area contributed by atoms with E-state index in [4.69, 9.17) is 9.47 Å². The lowest BCUT2D eigenvalue weighted by Crippen LogP contribution is -2.37. The molecule has 0 aliphatic rings. The third kappa shape index (κ3) is 6.03. The number of rotatable bonds is 9. The molecule has 0 unspecified atom stereocenters. The Morgan fingerprint density at radius 1 is 1.24 bits per heavy atom. The molecule has 1 atom stereocenters. The number of carboxylic acids is 1. The highest BCUT2D eigenvalue weighted by Crippen LogP contribution is 2.29. The Balaban J connectivity index is 2.10. The molecule has 1 N–H and O–H groups in total. The van der Waals surface area contributed by atoms with Gasteiger partial charge in [-0.1, -0.05) is 6.07 Å². The fourth-order valence-corrected chi connectivity index (χ4v) is 2.20. The summed E-state index contributed by atoms with van der Waals surface area (Å²) >= 11 is 0. The van der Waals surface area contributed by atoms with Crippen LogP contribution in [0, 0.1) is 10.1 Å². The van der Waals surface area contributed by atoms with Crippen molar-refractivity contribution < 1.29 is 29.1 Å². The molecule has 0 aliphatic heterocycles. The van der Waals surface area contributed by atoms with Crippen LogP contribution in [-0.4, -0.2) is 35.7 Å². The molecule has 0 spiro atoms. The van der Waals surface area contributed by atoms with Crippen LogP contribution in [0.25, 0.3) is 0 Å². The number of carbonyl (C=O) groups excluding carboxylic acids is 2. The van der Waals surface area contributed by atoms with Crippen LogP contribution >= 0.6 is 0 Å². The van der Waals surface area contributed by atoms with E-state index in [0.717, 1.165) is 6.07 Å². The molecule has 2 rings (SSSR count). The zero-order valence-electron chi connectivity index (χ0n) is 15.7. The van der Waals surface area contributed by atoms with E-state index in [1.165, 1.54) is 37.4 Å². The van der Waals surface area contributed by atoms with Crippen LogP contribution in [0.3, 0.4) is 0 Å². The first kappa shape index (κ1) is 21.4. The lowest BCUT2D eigenvalue weighted by Gasteiger charge is -2.18. The third-order valence-electron chi connectivity index (χ3n) is 3.60. The lowest BCUT2D eigenvalue weighted by atomic mass is 10.2. The highest BCUT2D eigenvalue weighted by Gasteiger charge is 2.12. The number of carboxylic acid groups (broad SMARTS) is 1. The molecule has 0 bridgehead atoms. The summed E-state index contributed by atoms with van der Waals surface area (Å²) in [6, 6.07) is 9.90. The van der Waals surface area contributed by atoms with E-state index in [1.807, 2.05) is 0 Å². The lowest BCUT2D eigenvalue weighted by molar-refractivity contribution is -0.384.